The molecule has 0 aliphatic heterocycles. The Kier molecular flexibility index (Phi) is 3.17. The third-order valence-corrected chi connectivity index (χ3v) is 2.67. The Morgan fingerprint density at radius 2 is 2.16 bits per heavy atom. The monoisotopic (exact) mass is 273 g/mol. The van der Waals surface area contributed by atoms with E-state index in [0.29, 0.717) is 0 Å². The summed E-state index contributed by atoms with van der Waals surface area (Å²) in [5.41, 5.74) is 0.247. The number of aromatic nitrogens is 3. The number of carbonyl (C=O) groups is 1. The summed E-state index contributed by atoms with van der Waals surface area (Å²) < 4.78 is 38.1. The van der Waals surface area contributed by atoms with Crippen molar-refractivity contribution < 1.29 is 23.1 Å². The van der Waals surface area contributed by atoms with Crippen LogP contribution < -0.4 is 0 Å². The van der Waals surface area contributed by atoms with Crippen LogP contribution in [-0.2, 0) is 0 Å². The highest BCUT2D eigenvalue weighted by Crippen LogP contribution is 2.29. The fourth-order valence-electron chi connectivity index (χ4n) is 1.90. The molecule has 0 aliphatic rings. The minimum absolute atomic E-state index is 0.103. The zero-order valence-electron chi connectivity index (χ0n) is 9.85. The second kappa shape index (κ2) is 4.52. The van der Waals surface area contributed by atoms with Gasteiger partial charge in [0.05, 0.1) is 18.0 Å². The lowest BCUT2D eigenvalue weighted by molar-refractivity contribution is -0.142. The number of alkyl halides is 3. The molecule has 19 heavy (non-hydrogen) atoms. The number of benzene rings is 1. The van der Waals surface area contributed by atoms with E-state index in [1.54, 1.807) is 0 Å². The van der Waals surface area contributed by atoms with Crippen LogP contribution in [0.15, 0.2) is 18.2 Å². The number of halogens is 3. The van der Waals surface area contributed by atoms with Crippen LogP contribution in [0.1, 0.15) is 29.7 Å². The van der Waals surface area contributed by atoms with Crippen molar-refractivity contribution >= 4 is 17.0 Å². The number of para-hydroxylation sites is 1. The van der Waals surface area contributed by atoms with Crippen molar-refractivity contribution in [3.63, 3.8) is 0 Å². The molecule has 1 N–H and O–H groups in total. The van der Waals surface area contributed by atoms with Crippen molar-refractivity contribution in [1.29, 1.82) is 0 Å². The molecule has 102 valence electrons. The number of carboxylic acids is 1. The third kappa shape index (κ3) is 2.67. The Hall–Kier alpha value is -2.12. The fraction of sp³-hybridized carbons (Fsp3) is 0.364. The maximum atomic E-state index is 12.4. The zero-order chi connectivity index (χ0) is 14.2. The second-order valence-corrected chi connectivity index (χ2v) is 4.18. The average Bonchev–Trinajstić information content (AvgIpc) is 2.69. The zero-order valence-corrected chi connectivity index (χ0v) is 9.85. The van der Waals surface area contributed by atoms with Gasteiger partial charge < -0.3 is 5.11 Å². The van der Waals surface area contributed by atoms with E-state index in [1.807, 2.05) is 0 Å². The second-order valence-electron chi connectivity index (χ2n) is 4.18. The lowest BCUT2D eigenvalue weighted by atomic mass is 10.1. The van der Waals surface area contributed by atoms with E-state index < -0.39 is 24.6 Å². The van der Waals surface area contributed by atoms with Gasteiger partial charge in [-0.3, -0.25) is 0 Å². The maximum absolute atomic E-state index is 12.4. The normalized spacial score (nSPS) is 13.7. The van der Waals surface area contributed by atoms with Crippen LogP contribution in [0.3, 0.4) is 0 Å². The molecule has 1 aromatic carbocycles. The molecule has 0 saturated carbocycles. The molecule has 0 bridgehead atoms. The van der Waals surface area contributed by atoms with Crippen molar-refractivity contribution in [3.8, 4) is 0 Å². The van der Waals surface area contributed by atoms with E-state index >= 15 is 0 Å². The molecule has 2 aromatic rings. The van der Waals surface area contributed by atoms with Gasteiger partial charge in [0.1, 0.15) is 11.0 Å². The molecular formula is C11H10F3N3O2. The van der Waals surface area contributed by atoms with Gasteiger partial charge >= 0.3 is 12.1 Å². The summed E-state index contributed by atoms with van der Waals surface area (Å²) in [7, 11) is 0. The number of fused-ring (bicyclic) bond motifs is 1. The quantitative estimate of drug-likeness (QED) is 0.933. The highest BCUT2D eigenvalue weighted by molar-refractivity contribution is 6.00. The lowest BCUT2D eigenvalue weighted by Gasteiger charge is -2.15. The molecule has 8 heteroatoms. The van der Waals surface area contributed by atoms with E-state index in [4.69, 9.17) is 5.11 Å². The van der Waals surface area contributed by atoms with Crippen molar-refractivity contribution in [2.75, 3.05) is 0 Å². The summed E-state index contributed by atoms with van der Waals surface area (Å²) in [5, 5.41) is 16.4. The molecule has 1 atom stereocenters. The molecule has 2 rings (SSSR count). The largest absolute Gasteiger partial charge is 0.478 e. The maximum Gasteiger partial charge on any atom is 0.391 e. The standard InChI is InChI=1S/C11H10F3N3O2/c1-6(5-11(12,13)14)17-9-7(10(18)19)3-2-4-8(9)15-16-17/h2-4,6H,5H2,1H3,(H,18,19). The highest BCUT2D eigenvalue weighted by atomic mass is 19.4. The Morgan fingerprint density at radius 3 is 2.74 bits per heavy atom. The minimum Gasteiger partial charge on any atom is -0.478 e. The minimum atomic E-state index is -4.35. The Balaban J connectivity index is 2.52. The first-order chi connectivity index (χ1) is 8.79. The highest BCUT2D eigenvalue weighted by Gasteiger charge is 2.32. The summed E-state index contributed by atoms with van der Waals surface area (Å²) in [6.45, 7) is 1.32. The lowest BCUT2D eigenvalue weighted by Crippen LogP contribution is -2.18. The van der Waals surface area contributed by atoms with E-state index in [2.05, 4.69) is 10.3 Å². The molecule has 5 nitrogen and oxygen atoms in total. The van der Waals surface area contributed by atoms with Crippen LogP contribution in [0.2, 0.25) is 0 Å². The molecule has 1 unspecified atom stereocenters. The first kappa shape index (κ1) is 13.3. The van der Waals surface area contributed by atoms with Gasteiger partial charge in [-0.2, -0.15) is 13.2 Å². The van der Waals surface area contributed by atoms with Crippen LogP contribution in [0.25, 0.3) is 11.0 Å². The van der Waals surface area contributed by atoms with E-state index in [9.17, 15) is 18.0 Å². The average molecular weight is 273 g/mol. The van der Waals surface area contributed by atoms with Gasteiger partial charge in [-0.25, -0.2) is 9.48 Å². The van der Waals surface area contributed by atoms with Crippen LogP contribution in [0.4, 0.5) is 13.2 Å². The van der Waals surface area contributed by atoms with Gasteiger partial charge in [-0.1, -0.05) is 11.3 Å². The van der Waals surface area contributed by atoms with Gasteiger partial charge in [0, 0.05) is 0 Å². The number of rotatable bonds is 3. The van der Waals surface area contributed by atoms with Crippen molar-refractivity contribution in [2.45, 2.75) is 25.6 Å². The van der Waals surface area contributed by atoms with E-state index in [0.717, 1.165) is 4.68 Å². The molecule has 0 fully saturated rings. The van der Waals surface area contributed by atoms with Gasteiger partial charge in [-0.05, 0) is 19.1 Å². The van der Waals surface area contributed by atoms with Gasteiger partial charge in [0.2, 0.25) is 0 Å². The Labute approximate surface area is 105 Å². The predicted molar refractivity (Wildman–Crippen MR) is 59.9 cm³/mol. The fourth-order valence-corrected chi connectivity index (χ4v) is 1.90. The summed E-state index contributed by atoms with van der Waals surface area (Å²) in [6.07, 6.45) is -5.45. The van der Waals surface area contributed by atoms with Gasteiger partial charge in [-0.15, -0.1) is 5.10 Å². The summed E-state index contributed by atoms with van der Waals surface area (Å²) in [4.78, 5) is 11.1. The first-order valence-corrected chi connectivity index (χ1v) is 5.43. The molecule has 1 heterocycles. The van der Waals surface area contributed by atoms with Crippen molar-refractivity contribution in [3.05, 3.63) is 23.8 Å². The number of aromatic carboxylic acids is 1. The number of hydrogen-bond donors (Lipinski definition) is 1. The third-order valence-electron chi connectivity index (χ3n) is 2.67. The van der Waals surface area contributed by atoms with Crippen LogP contribution in [0, 0.1) is 0 Å². The summed E-state index contributed by atoms with van der Waals surface area (Å²) in [5.74, 6) is -1.23. The number of carboxylic acid groups (broad SMARTS) is 1. The Bertz CT molecular complexity index is 621. The first-order valence-electron chi connectivity index (χ1n) is 5.43. The molecule has 1 aromatic heterocycles. The summed E-state index contributed by atoms with van der Waals surface area (Å²) in [6, 6.07) is 3.26. The topological polar surface area (TPSA) is 68.0 Å². The number of nitrogens with zero attached hydrogens (tertiary/aromatic N) is 3. The smallest absolute Gasteiger partial charge is 0.391 e. The Morgan fingerprint density at radius 1 is 1.47 bits per heavy atom. The van der Waals surface area contributed by atoms with Crippen LogP contribution in [0.5, 0.6) is 0 Å². The van der Waals surface area contributed by atoms with E-state index in [1.165, 1.54) is 25.1 Å². The molecule has 0 aliphatic carbocycles. The molecule has 0 radical (unpaired) electrons. The molecular weight excluding hydrogens is 263 g/mol. The van der Waals surface area contributed by atoms with E-state index in [-0.39, 0.29) is 16.6 Å². The SMILES string of the molecule is CC(CC(F)(F)F)n1nnc2cccc(C(=O)O)c21. The van der Waals surface area contributed by atoms with Crippen LogP contribution >= 0.6 is 0 Å². The molecule has 0 saturated heterocycles. The van der Waals surface area contributed by atoms with Gasteiger partial charge in [0.25, 0.3) is 0 Å². The molecule has 0 spiro atoms. The predicted octanol–water partition coefficient (Wildman–Crippen LogP) is 2.64. The van der Waals surface area contributed by atoms with Crippen LogP contribution in [-0.4, -0.2) is 32.2 Å². The van der Waals surface area contributed by atoms with Crippen molar-refractivity contribution in [1.82, 2.24) is 15.0 Å². The van der Waals surface area contributed by atoms with Crippen molar-refractivity contribution in [2.24, 2.45) is 0 Å². The number of hydrogen-bond acceptors (Lipinski definition) is 3. The van der Waals surface area contributed by atoms with Gasteiger partial charge in [0.15, 0.2) is 0 Å². The summed E-state index contributed by atoms with van der Waals surface area (Å²) >= 11 is 0. The molecule has 0 amide bonds.